The van der Waals surface area contributed by atoms with Gasteiger partial charge in [0.15, 0.2) is 9.84 Å². The number of aryl methyl sites for hydroxylation is 1. The quantitative estimate of drug-likeness (QED) is 0.799. The minimum absolute atomic E-state index is 0.00923. The molecule has 22 heavy (non-hydrogen) atoms. The van der Waals surface area contributed by atoms with E-state index in [1.165, 1.54) is 6.07 Å². The van der Waals surface area contributed by atoms with E-state index in [1.54, 1.807) is 30.3 Å². The Morgan fingerprint density at radius 2 is 1.64 bits per heavy atom. The number of rotatable bonds is 3. The van der Waals surface area contributed by atoms with Gasteiger partial charge in [-0.3, -0.25) is 0 Å². The topological polar surface area (TPSA) is 54.4 Å². The van der Waals surface area contributed by atoms with Crippen molar-refractivity contribution in [2.45, 2.75) is 17.6 Å². The molecule has 3 aromatic carbocycles. The van der Waals surface area contributed by atoms with Crippen molar-refractivity contribution in [2.75, 3.05) is 0 Å². The second-order valence-electron chi connectivity index (χ2n) is 5.40. The Balaban J connectivity index is 2.02. The van der Waals surface area contributed by atoms with Gasteiger partial charge in [-0.25, -0.2) is 8.42 Å². The van der Waals surface area contributed by atoms with E-state index >= 15 is 0 Å². The fourth-order valence-corrected chi connectivity index (χ4v) is 3.87. The highest BCUT2D eigenvalue weighted by Crippen LogP contribution is 2.26. The summed E-state index contributed by atoms with van der Waals surface area (Å²) in [6.45, 7) is 1.87. The predicted molar refractivity (Wildman–Crippen MR) is 87.7 cm³/mol. The molecule has 3 nitrogen and oxygen atoms in total. The number of benzene rings is 3. The molecule has 0 amide bonds. The van der Waals surface area contributed by atoms with Crippen LogP contribution in [0.1, 0.15) is 11.1 Å². The van der Waals surface area contributed by atoms with E-state index in [4.69, 9.17) is 0 Å². The molecule has 0 aromatic heterocycles. The second-order valence-corrected chi connectivity index (χ2v) is 7.39. The van der Waals surface area contributed by atoms with Crippen LogP contribution in [0, 0.1) is 6.92 Å². The van der Waals surface area contributed by atoms with Gasteiger partial charge in [0.05, 0.1) is 10.6 Å². The fraction of sp³-hybridized carbons (Fsp3) is 0.111. The highest BCUT2D eigenvalue weighted by atomic mass is 32.2. The molecule has 0 aliphatic rings. The van der Waals surface area contributed by atoms with Gasteiger partial charge in [-0.2, -0.15) is 0 Å². The van der Waals surface area contributed by atoms with E-state index in [2.05, 4.69) is 0 Å². The lowest BCUT2D eigenvalue weighted by atomic mass is 10.1. The van der Waals surface area contributed by atoms with Crippen LogP contribution in [0.2, 0.25) is 0 Å². The van der Waals surface area contributed by atoms with Crippen LogP contribution in [0.15, 0.2) is 65.6 Å². The number of hydrogen-bond donors (Lipinski definition) is 1. The summed E-state index contributed by atoms with van der Waals surface area (Å²) in [6.07, 6.45) is 0. The largest absolute Gasteiger partial charge is 0.508 e. The summed E-state index contributed by atoms with van der Waals surface area (Å²) in [4.78, 5) is 0.270. The van der Waals surface area contributed by atoms with Crippen molar-refractivity contribution < 1.29 is 13.5 Å². The molecule has 0 unspecified atom stereocenters. The summed E-state index contributed by atoms with van der Waals surface area (Å²) in [5.41, 5.74) is 1.34. The van der Waals surface area contributed by atoms with E-state index < -0.39 is 9.84 Å². The molecule has 112 valence electrons. The molecule has 0 aliphatic carbocycles. The minimum Gasteiger partial charge on any atom is -0.508 e. The molecule has 0 bridgehead atoms. The zero-order chi connectivity index (χ0) is 15.7. The monoisotopic (exact) mass is 312 g/mol. The van der Waals surface area contributed by atoms with Gasteiger partial charge >= 0.3 is 0 Å². The Kier molecular flexibility index (Phi) is 3.62. The van der Waals surface area contributed by atoms with E-state index in [-0.39, 0.29) is 16.4 Å². The molecular formula is C18H16O3S. The Bertz CT molecular complexity index is 943. The summed E-state index contributed by atoms with van der Waals surface area (Å²) in [5.74, 6) is -0.200. The number of sulfone groups is 1. The van der Waals surface area contributed by atoms with Crippen LogP contribution in [0.5, 0.6) is 5.75 Å². The Labute approximate surface area is 129 Å². The molecule has 3 rings (SSSR count). The molecule has 0 atom stereocenters. The number of fused-ring (bicyclic) bond motifs is 1. The highest BCUT2D eigenvalue weighted by molar-refractivity contribution is 7.90. The lowest BCUT2D eigenvalue weighted by Crippen LogP contribution is -2.05. The van der Waals surface area contributed by atoms with Crippen LogP contribution in [0.25, 0.3) is 10.8 Å². The van der Waals surface area contributed by atoms with Gasteiger partial charge < -0.3 is 5.11 Å². The molecule has 0 saturated heterocycles. The average molecular weight is 312 g/mol. The van der Waals surface area contributed by atoms with E-state index in [1.807, 2.05) is 31.2 Å². The molecule has 4 heteroatoms. The SMILES string of the molecule is Cc1ccc(O)c(CS(=O)(=O)c2ccc3ccccc3c2)c1. The molecule has 0 saturated carbocycles. The van der Waals surface area contributed by atoms with Crippen LogP contribution in [0.4, 0.5) is 0 Å². The predicted octanol–water partition coefficient (Wildman–Crippen LogP) is 3.83. The first-order valence-corrected chi connectivity index (χ1v) is 8.61. The molecule has 0 radical (unpaired) electrons. The standard InChI is InChI=1S/C18H16O3S/c1-13-6-9-18(19)16(10-13)12-22(20,21)17-8-7-14-4-2-3-5-15(14)11-17/h2-11,19H,12H2,1H3. The molecular weight excluding hydrogens is 296 g/mol. The first-order valence-electron chi connectivity index (χ1n) is 6.96. The first-order chi connectivity index (χ1) is 10.5. The van der Waals surface area contributed by atoms with Gasteiger partial charge in [-0.15, -0.1) is 0 Å². The van der Waals surface area contributed by atoms with E-state index in [0.717, 1.165) is 16.3 Å². The van der Waals surface area contributed by atoms with Crippen molar-refractivity contribution in [1.29, 1.82) is 0 Å². The van der Waals surface area contributed by atoms with Gasteiger partial charge in [0.25, 0.3) is 0 Å². The Morgan fingerprint density at radius 3 is 2.41 bits per heavy atom. The smallest absolute Gasteiger partial charge is 0.182 e. The van der Waals surface area contributed by atoms with Gasteiger partial charge in [0.1, 0.15) is 5.75 Å². The third-order valence-corrected chi connectivity index (χ3v) is 5.32. The number of phenolic OH excluding ortho intramolecular Hbond substituents is 1. The molecule has 3 aromatic rings. The summed E-state index contributed by atoms with van der Waals surface area (Å²) >= 11 is 0. The lowest BCUT2D eigenvalue weighted by Gasteiger charge is -2.08. The maximum absolute atomic E-state index is 12.6. The fourth-order valence-electron chi connectivity index (χ4n) is 2.48. The summed E-state index contributed by atoms with van der Waals surface area (Å²) in [6, 6.07) is 17.7. The van der Waals surface area contributed by atoms with Crippen LogP contribution < -0.4 is 0 Å². The maximum atomic E-state index is 12.6. The summed E-state index contributed by atoms with van der Waals surface area (Å²) < 4.78 is 25.2. The molecule has 0 spiro atoms. The van der Waals surface area contributed by atoms with Crippen molar-refractivity contribution in [3.63, 3.8) is 0 Å². The van der Waals surface area contributed by atoms with E-state index in [0.29, 0.717) is 5.56 Å². The molecule has 1 N–H and O–H groups in total. The van der Waals surface area contributed by atoms with Crippen molar-refractivity contribution in [2.24, 2.45) is 0 Å². The normalized spacial score (nSPS) is 11.7. The number of phenols is 1. The zero-order valence-electron chi connectivity index (χ0n) is 12.2. The summed E-state index contributed by atoms with van der Waals surface area (Å²) in [5, 5.41) is 11.7. The van der Waals surface area contributed by atoms with Crippen LogP contribution in [0.3, 0.4) is 0 Å². The summed E-state index contributed by atoms with van der Waals surface area (Å²) in [7, 11) is -3.50. The van der Waals surface area contributed by atoms with Gasteiger partial charge in [-0.1, -0.05) is 48.0 Å². The van der Waals surface area contributed by atoms with Crippen LogP contribution in [-0.2, 0) is 15.6 Å². The molecule has 0 fully saturated rings. The third-order valence-electron chi connectivity index (χ3n) is 3.66. The van der Waals surface area contributed by atoms with Crippen molar-refractivity contribution in [1.82, 2.24) is 0 Å². The van der Waals surface area contributed by atoms with Gasteiger partial charge in [-0.05, 0) is 35.9 Å². The first kappa shape index (κ1) is 14.6. The average Bonchev–Trinajstić information content (AvgIpc) is 2.50. The van der Waals surface area contributed by atoms with Crippen molar-refractivity contribution in [3.05, 3.63) is 71.8 Å². The number of hydrogen-bond acceptors (Lipinski definition) is 3. The third kappa shape index (κ3) is 2.83. The maximum Gasteiger partial charge on any atom is 0.182 e. The number of aromatic hydroxyl groups is 1. The zero-order valence-corrected chi connectivity index (χ0v) is 13.0. The lowest BCUT2D eigenvalue weighted by molar-refractivity contribution is 0.469. The highest BCUT2D eigenvalue weighted by Gasteiger charge is 2.18. The van der Waals surface area contributed by atoms with Crippen LogP contribution >= 0.6 is 0 Å². The van der Waals surface area contributed by atoms with Gasteiger partial charge in [0.2, 0.25) is 0 Å². The van der Waals surface area contributed by atoms with Crippen molar-refractivity contribution >= 4 is 20.6 Å². The Hall–Kier alpha value is -2.33. The minimum atomic E-state index is -3.50. The molecule has 0 aliphatic heterocycles. The van der Waals surface area contributed by atoms with E-state index in [9.17, 15) is 13.5 Å². The Morgan fingerprint density at radius 1 is 0.909 bits per heavy atom. The van der Waals surface area contributed by atoms with Crippen molar-refractivity contribution in [3.8, 4) is 5.75 Å². The molecule has 0 heterocycles. The van der Waals surface area contributed by atoms with Gasteiger partial charge in [0, 0.05) is 5.56 Å². The van der Waals surface area contributed by atoms with Crippen LogP contribution in [-0.4, -0.2) is 13.5 Å². The second kappa shape index (κ2) is 5.46.